The summed E-state index contributed by atoms with van der Waals surface area (Å²) in [6.45, 7) is -0.0386. The number of hydrogen-bond donors (Lipinski definition) is 7. The van der Waals surface area contributed by atoms with Gasteiger partial charge in [0.15, 0.2) is 0 Å². The Morgan fingerprint density at radius 2 is 1.44 bits per heavy atom. The van der Waals surface area contributed by atoms with Crippen molar-refractivity contribution in [2.75, 3.05) is 13.2 Å². The van der Waals surface area contributed by atoms with Gasteiger partial charge in [-0.1, -0.05) is 0 Å². The minimum absolute atomic E-state index is 0.0406. The normalized spacial score (nSPS) is 12.5. The lowest BCUT2D eigenvalue weighted by atomic mass is 10.1. The zero-order chi connectivity index (χ0) is 20.8. The summed E-state index contributed by atoms with van der Waals surface area (Å²) in [6, 6.07) is -3.77. The number of carboxylic acid groups (broad SMARTS) is 3. The number of nitrogens with one attached hydrogen (secondary N) is 3. The van der Waals surface area contributed by atoms with Crippen LogP contribution in [0.4, 0.5) is 4.79 Å². The summed E-state index contributed by atoms with van der Waals surface area (Å²) in [5.41, 5.74) is 0. The van der Waals surface area contributed by atoms with Gasteiger partial charge in [-0.25, -0.2) is 20.3 Å². The van der Waals surface area contributed by atoms with E-state index >= 15 is 0 Å². The molecule has 0 saturated heterocycles. The molecular weight excluding hydrogens is 368 g/mol. The molecule has 0 aromatic heterocycles. The Morgan fingerprint density at radius 1 is 0.889 bits per heavy atom. The van der Waals surface area contributed by atoms with Crippen LogP contribution >= 0.6 is 0 Å². The van der Waals surface area contributed by atoms with Crippen LogP contribution in [0.3, 0.4) is 0 Å². The molecule has 0 fully saturated rings. The zero-order valence-corrected chi connectivity index (χ0v) is 14.5. The summed E-state index contributed by atoms with van der Waals surface area (Å²) in [5, 5.41) is 33.3. The highest BCUT2D eigenvalue weighted by Crippen LogP contribution is 2.02. The Bertz CT molecular complexity index is 541. The largest absolute Gasteiger partial charge is 0.481 e. The fraction of sp³-hybridized carbons (Fsp3) is 0.643. The molecule has 154 valence electrons. The summed E-state index contributed by atoms with van der Waals surface area (Å²) in [5.74, 6) is 0.326. The van der Waals surface area contributed by atoms with E-state index in [9.17, 15) is 24.0 Å². The fourth-order valence-corrected chi connectivity index (χ4v) is 1.97. The Hall–Kier alpha value is -2.93. The molecule has 0 radical (unpaired) electrons. The van der Waals surface area contributed by atoms with Gasteiger partial charge in [0.2, 0.25) is 5.91 Å². The molecule has 0 aromatic rings. The van der Waals surface area contributed by atoms with Crippen LogP contribution in [0, 0.1) is 0 Å². The SMILES string of the molecule is NOCC(=O)NCCCCC(NC(=O)NC(CCC(=O)O)C(=O)O)C(=O)O. The molecule has 2 atom stereocenters. The number of rotatable bonds is 14. The molecule has 2 unspecified atom stereocenters. The molecule has 0 spiro atoms. The standard InChI is InChI=1S/C14H24N4O9/c15-27-7-10(19)16-6-2-1-3-8(12(22)23)17-14(26)18-9(13(24)25)4-5-11(20)21/h8-9H,1-7,15H2,(H,16,19)(H,20,21)(H,22,23)(H,24,25)(H2,17,18,26). The summed E-state index contributed by atoms with van der Waals surface area (Å²) in [4.78, 5) is 59.7. The second kappa shape index (κ2) is 13.3. The highest BCUT2D eigenvalue weighted by atomic mass is 16.6. The average molecular weight is 392 g/mol. The highest BCUT2D eigenvalue weighted by Gasteiger charge is 2.24. The fourth-order valence-electron chi connectivity index (χ4n) is 1.97. The predicted octanol–water partition coefficient (Wildman–Crippen LogP) is -1.77. The van der Waals surface area contributed by atoms with Crippen molar-refractivity contribution in [1.29, 1.82) is 0 Å². The Morgan fingerprint density at radius 3 is 1.93 bits per heavy atom. The van der Waals surface area contributed by atoms with Gasteiger partial charge < -0.3 is 31.3 Å². The third-order valence-electron chi connectivity index (χ3n) is 3.31. The predicted molar refractivity (Wildman–Crippen MR) is 88.4 cm³/mol. The lowest BCUT2D eigenvalue weighted by molar-refractivity contribution is -0.140. The second-order valence-electron chi connectivity index (χ2n) is 5.49. The first-order chi connectivity index (χ1) is 12.7. The van der Waals surface area contributed by atoms with Crippen molar-refractivity contribution in [3.63, 3.8) is 0 Å². The van der Waals surface area contributed by atoms with Crippen molar-refractivity contribution in [1.82, 2.24) is 16.0 Å². The Labute approximate surface area is 154 Å². The van der Waals surface area contributed by atoms with Gasteiger partial charge in [-0.05, 0) is 25.7 Å². The maximum Gasteiger partial charge on any atom is 0.326 e. The minimum atomic E-state index is -1.46. The lowest BCUT2D eigenvalue weighted by Gasteiger charge is -2.18. The number of amides is 3. The first-order valence-corrected chi connectivity index (χ1v) is 8.00. The Kier molecular flexibility index (Phi) is 11.9. The zero-order valence-electron chi connectivity index (χ0n) is 14.5. The van der Waals surface area contributed by atoms with Gasteiger partial charge in [-0.15, -0.1) is 0 Å². The summed E-state index contributed by atoms with van der Waals surface area (Å²) in [7, 11) is 0. The van der Waals surface area contributed by atoms with Gasteiger partial charge in [-0.2, -0.15) is 0 Å². The Balaban J connectivity index is 4.36. The molecule has 0 aromatic carbocycles. The molecule has 0 aliphatic heterocycles. The van der Waals surface area contributed by atoms with Crippen molar-refractivity contribution in [3.05, 3.63) is 0 Å². The van der Waals surface area contributed by atoms with Gasteiger partial charge >= 0.3 is 23.9 Å². The summed E-state index contributed by atoms with van der Waals surface area (Å²) >= 11 is 0. The van der Waals surface area contributed by atoms with E-state index in [-0.39, 0.29) is 26.0 Å². The van der Waals surface area contributed by atoms with E-state index in [1.807, 2.05) is 5.32 Å². The molecule has 27 heavy (non-hydrogen) atoms. The maximum absolute atomic E-state index is 11.8. The van der Waals surface area contributed by atoms with Gasteiger partial charge in [0.25, 0.3) is 0 Å². The number of unbranched alkanes of at least 4 members (excludes halogenated alkanes) is 1. The monoisotopic (exact) mass is 392 g/mol. The van der Waals surface area contributed by atoms with Crippen LogP contribution in [-0.4, -0.2) is 70.4 Å². The second-order valence-corrected chi connectivity index (χ2v) is 5.49. The van der Waals surface area contributed by atoms with Crippen molar-refractivity contribution >= 4 is 29.8 Å². The van der Waals surface area contributed by atoms with Crippen LogP contribution in [0.25, 0.3) is 0 Å². The van der Waals surface area contributed by atoms with E-state index in [1.165, 1.54) is 0 Å². The molecule has 3 amide bonds. The van der Waals surface area contributed by atoms with E-state index in [0.717, 1.165) is 0 Å². The molecule has 0 bridgehead atoms. The van der Waals surface area contributed by atoms with E-state index < -0.39 is 48.4 Å². The number of hydrogen-bond acceptors (Lipinski definition) is 7. The number of urea groups is 1. The molecule has 13 heteroatoms. The average Bonchev–Trinajstić information content (AvgIpc) is 2.56. The molecule has 0 rings (SSSR count). The lowest BCUT2D eigenvalue weighted by Crippen LogP contribution is -2.51. The molecule has 0 heterocycles. The number of nitrogens with two attached hydrogens (primary N) is 1. The molecular formula is C14H24N4O9. The molecule has 0 saturated carbocycles. The van der Waals surface area contributed by atoms with Crippen LogP contribution in [0.15, 0.2) is 0 Å². The smallest absolute Gasteiger partial charge is 0.326 e. The van der Waals surface area contributed by atoms with Gasteiger partial charge in [0, 0.05) is 13.0 Å². The summed E-state index contributed by atoms with van der Waals surface area (Å²) < 4.78 is 0. The van der Waals surface area contributed by atoms with Crippen LogP contribution < -0.4 is 21.8 Å². The van der Waals surface area contributed by atoms with E-state index in [0.29, 0.717) is 12.8 Å². The van der Waals surface area contributed by atoms with E-state index in [4.69, 9.17) is 21.2 Å². The van der Waals surface area contributed by atoms with Crippen LogP contribution in [0.2, 0.25) is 0 Å². The quantitative estimate of drug-likeness (QED) is 0.130. The topological polar surface area (TPSA) is 217 Å². The molecule has 0 aliphatic carbocycles. The number of carboxylic acids is 3. The summed E-state index contributed by atoms with van der Waals surface area (Å²) in [6.07, 6.45) is 0.00354. The van der Waals surface area contributed by atoms with Crippen molar-refractivity contribution in [2.45, 2.75) is 44.2 Å². The van der Waals surface area contributed by atoms with Crippen molar-refractivity contribution in [2.24, 2.45) is 5.90 Å². The number of carbonyl (C=O) groups is 5. The molecule has 13 nitrogen and oxygen atoms in total. The van der Waals surface area contributed by atoms with E-state index in [1.54, 1.807) is 0 Å². The van der Waals surface area contributed by atoms with Crippen LogP contribution in [0.1, 0.15) is 32.1 Å². The van der Waals surface area contributed by atoms with Gasteiger partial charge in [0.1, 0.15) is 18.7 Å². The van der Waals surface area contributed by atoms with Crippen LogP contribution in [0.5, 0.6) is 0 Å². The maximum atomic E-state index is 11.8. The third-order valence-corrected chi connectivity index (χ3v) is 3.31. The van der Waals surface area contributed by atoms with Crippen LogP contribution in [-0.2, 0) is 24.0 Å². The van der Waals surface area contributed by atoms with Gasteiger partial charge in [0.05, 0.1) is 0 Å². The van der Waals surface area contributed by atoms with Gasteiger partial charge in [-0.3, -0.25) is 14.4 Å². The number of carbonyl (C=O) groups excluding carboxylic acids is 2. The first kappa shape index (κ1) is 24.1. The number of aliphatic carboxylic acids is 3. The highest BCUT2D eigenvalue weighted by molar-refractivity contribution is 5.86. The van der Waals surface area contributed by atoms with E-state index in [2.05, 4.69) is 15.5 Å². The third kappa shape index (κ3) is 12.1. The van der Waals surface area contributed by atoms with Crippen molar-refractivity contribution in [3.8, 4) is 0 Å². The molecule has 0 aliphatic rings. The first-order valence-electron chi connectivity index (χ1n) is 8.00. The van der Waals surface area contributed by atoms with Crippen molar-refractivity contribution < 1.29 is 44.1 Å². The molecule has 8 N–H and O–H groups in total. The minimum Gasteiger partial charge on any atom is -0.481 e.